The maximum absolute atomic E-state index is 10.1. The average molecular weight is 186 g/mol. The van der Waals surface area contributed by atoms with Crippen molar-refractivity contribution in [3.8, 4) is 0 Å². The Bertz CT molecular complexity index is 182. The van der Waals surface area contributed by atoms with Crippen LogP contribution in [0.3, 0.4) is 0 Å². The zero-order chi connectivity index (χ0) is 9.52. The summed E-state index contributed by atoms with van der Waals surface area (Å²) in [4.78, 5) is 10.1. The standard InChI is InChI=1S/C9H14O4/c10-8(11)4-3-7-13-9-5-1-2-6-12-9/h3-4,9H,1-2,5-7H2,(H,10,11)/b4-3+. The predicted octanol–water partition coefficient (Wildman–Crippen LogP) is 1.17. The van der Waals surface area contributed by atoms with Gasteiger partial charge in [0.1, 0.15) is 0 Å². The molecule has 0 radical (unpaired) electrons. The monoisotopic (exact) mass is 186 g/mol. The number of aliphatic carboxylic acids is 1. The summed E-state index contributed by atoms with van der Waals surface area (Å²) >= 11 is 0. The first kappa shape index (κ1) is 10.2. The maximum atomic E-state index is 10.1. The molecule has 0 bridgehead atoms. The third-order valence-electron chi connectivity index (χ3n) is 1.78. The number of rotatable bonds is 4. The molecular weight excluding hydrogens is 172 g/mol. The second-order valence-corrected chi connectivity index (χ2v) is 2.87. The predicted molar refractivity (Wildman–Crippen MR) is 46.3 cm³/mol. The van der Waals surface area contributed by atoms with E-state index in [2.05, 4.69) is 0 Å². The van der Waals surface area contributed by atoms with Crippen LogP contribution < -0.4 is 0 Å². The molecule has 0 aromatic heterocycles. The van der Waals surface area contributed by atoms with Gasteiger partial charge in [-0.15, -0.1) is 0 Å². The summed E-state index contributed by atoms with van der Waals surface area (Å²) in [6, 6.07) is 0. The van der Waals surface area contributed by atoms with E-state index in [4.69, 9.17) is 14.6 Å². The topological polar surface area (TPSA) is 55.8 Å². The van der Waals surface area contributed by atoms with Gasteiger partial charge in [-0.2, -0.15) is 0 Å². The van der Waals surface area contributed by atoms with Gasteiger partial charge < -0.3 is 14.6 Å². The molecule has 1 fully saturated rings. The van der Waals surface area contributed by atoms with Crippen molar-refractivity contribution in [2.24, 2.45) is 0 Å². The largest absolute Gasteiger partial charge is 0.478 e. The van der Waals surface area contributed by atoms with Crippen molar-refractivity contribution in [2.45, 2.75) is 25.6 Å². The third-order valence-corrected chi connectivity index (χ3v) is 1.78. The first-order chi connectivity index (χ1) is 6.29. The number of ether oxygens (including phenoxy) is 2. The SMILES string of the molecule is O=C(O)/C=C/COC1CCCCO1. The second kappa shape index (κ2) is 5.72. The Morgan fingerprint density at radius 1 is 1.62 bits per heavy atom. The van der Waals surface area contributed by atoms with E-state index in [-0.39, 0.29) is 6.29 Å². The van der Waals surface area contributed by atoms with Crippen molar-refractivity contribution in [2.75, 3.05) is 13.2 Å². The molecule has 74 valence electrons. The Hall–Kier alpha value is -0.870. The molecule has 1 aliphatic rings. The average Bonchev–Trinajstić information content (AvgIpc) is 2.14. The Morgan fingerprint density at radius 2 is 2.46 bits per heavy atom. The lowest BCUT2D eigenvalue weighted by Gasteiger charge is -2.21. The lowest BCUT2D eigenvalue weighted by atomic mass is 10.2. The number of carbonyl (C=O) groups is 1. The number of carboxylic acid groups (broad SMARTS) is 1. The molecule has 1 unspecified atom stereocenters. The maximum Gasteiger partial charge on any atom is 0.328 e. The van der Waals surface area contributed by atoms with Gasteiger partial charge in [0, 0.05) is 12.7 Å². The summed E-state index contributed by atoms with van der Waals surface area (Å²) in [6.45, 7) is 1.05. The van der Waals surface area contributed by atoms with E-state index in [1.807, 2.05) is 0 Å². The zero-order valence-corrected chi connectivity index (χ0v) is 7.44. The van der Waals surface area contributed by atoms with Crippen molar-refractivity contribution < 1.29 is 19.4 Å². The highest BCUT2D eigenvalue weighted by Crippen LogP contribution is 2.13. The highest BCUT2D eigenvalue weighted by atomic mass is 16.7. The van der Waals surface area contributed by atoms with Crippen LogP contribution in [0.15, 0.2) is 12.2 Å². The highest BCUT2D eigenvalue weighted by Gasteiger charge is 2.12. The number of hydrogen-bond acceptors (Lipinski definition) is 3. The van der Waals surface area contributed by atoms with Crippen LogP contribution >= 0.6 is 0 Å². The lowest BCUT2D eigenvalue weighted by molar-refractivity contribution is -0.155. The molecule has 0 saturated carbocycles. The van der Waals surface area contributed by atoms with Gasteiger partial charge in [0.2, 0.25) is 0 Å². The minimum absolute atomic E-state index is 0.146. The van der Waals surface area contributed by atoms with Crippen molar-refractivity contribution in [3.63, 3.8) is 0 Å². The molecule has 1 heterocycles. The van der Waals surface area contributed by atoms with Crippen molar-refractivity contribution in [1.82, 2.24) is 0 Å². The van der Waals surface area contributed by atoms with Crippen LogP contribution in [0.2, 0.25) is 0 Å². The van der Waals surface area contributed by atoms with Crippen molar-refractivity contribution in [1.29, 1.82) is 0 Å². The minimum atomic E-state index is -0.951. The van der Waals surface area contributed by atoms with E-state index < -0.39 is 5.97 Å². The molecule has 1 saturated heterocycles. The molecular formula is C9H14O4. The molecule has 0 spiro atoms. The van der Waals surface area contributed by atoms with E-state index >= 15 is 0 Å². The fourth-order valence-corrected chi connectivity index (χ4v) is 1.15. The van der Waals surface area contributed by atoms with Crippen molar-refractivity contribution >= 4 is 5.97 Å². The summed E-state index contributed by atoms with van der Waals surface area (Å²) in [5.74, 6) is -0.951. The van der Waals surface area contributed by atoms with Gasteiger partial charge in [-0.05, 0) is 19.3 Å². The van der Waals surface area contributed by atoms with Gasteiger partial charge in [0.15, 0.2) is 6.29 Å². The van der Waals surface area contributed by atoms with Gasteiger partial charge in [-0.1, -0.05) is 6.08 Å². The van der Waals surface area contributed by atoms with Crippen LogP contribution in [-0.2, 0) is 14.3 Å². The van der Waals surface area contributed by atoms with E-state index in [0.29, 0.717) is 6.61 Å². The summed E-state index contributed by atoms with van der Waals surface area (Å²) in [5.41, 5.74) is 0. The third kappa shape index (κ3) is 4.65. The lowest BCUT2D eigenvalue weighted by Crippen LogP contribution is -2.22. The molecule has 0 aromatic rings. The first-order valence-electron chi connectivity index (χ1n) is 4.41. The Labute approximate surface area is 77.1 Å². The van der Waals surface area contributed by atoms with Gasteiger partial charge in [0.05, 0.1) is 6.61 Å². The molecule has 0 aromatic carbocycles. The molecule has 1 atom stereocenters. The van der Waals surface area contributed by atoms with E-state index in [9.17, 15) is 4.79 Å². The summed E-state index contributed by atoms with van der Waals surface area (Å²) in [5, 5.41) is 8.28. The number of hydrogen-bond donors (Lipinski definition) is 1. The Morgan fingerprint density at radius 3 is 3.08 bits per heavy atom. The molecule has 0 aliphatic carbocycles. The van der Waals surface area contributed by atoms with Crippen molar-refractivity contribution in [3.05, 3.63) is 12.2 Å². The summed E-state index contributed by atoms with van der Waals surface area (Å²) in [6.07, 6.45) is 5.51. The molecule has 13 heavy (non-hydrogen) atoms. The molecule has 4 heteroatoms. The van der Waals surface area contributed by atoms with Crippen LogP contribution in [-0.4, -0.2) is 30.6 Å². The van der Waals surface area contributed by atoms with Crippen LogP contribution in [0.4, 0.5) is 0 Å². The van der Waals surface area contributed by atoms with Crippen LogP contribution in [0.1, 0.15) is 19.3 Å². The Balaban J connectivity index is 2.07. The molecule has 4 nitrogen and oxygen atoms in total. The van der Waals surface area contributed by atoms with Gasteiger partial charge in [-0.3, -0.25) is 0 Å². The van der Waals surface area contributed by atoms with E-state index in [1.54, 1.807) is 0 Å². The second-order valence-electron chi connectivity index (χ2n) is 2.87. The smallest absolute Gasteiger partial charge is 0.328 e. The van der Waals surface area contributed by atoms with Crippen LogP contribution in [0.25, 0.3) is 0 Å². The minimum Gasteiger partial charge on any atom is -0.478 e. The van der Waals surface area contributed by atoms with Gasteiger partial charge in [0.25, 0.3) is 0 Å². The van der Waals surface area contributed by atoms with Gasteiger partial charge >= 0.3 is 5.97 Å². The first-order valence-corrected chi connectivity index (χ1v) is 4.41. The van der Waals surface area contributed by atoms with Gasteiger partial charge in [-0.25, -0.2) is 4.79 Å². The zero-order valence-electron chi connectivity index (χ0n) is 7.44. The molecule has 1 N–H and O–H groups in total. The quantitative estimate of drug-likeness (QED) is 0.669. The normalized spacial score (nSPS) is 23.5. The molecule has 1 rings (SSSR count). The van der Waals surface area contributed by atoms with E-state index in [1.165, 1.54) is 6.08 Å². The van der Waals surface area contributed by atoms with Crippen LogP contribution in [0.5, 0.6) is 0 Å². The Kier molecular flexibility index (Phi) is 4.49. The highest BCUT2D eigenvalue weighted by molar-refractivity contribution is 5.79. The summed E-state index contributed by atoms with van der Waals surface area (Å²) in [7, 11) is 0. The fourth-order valence-electron chi connectivity index (χ4n) is 1.15. The molecule has 1 aliphatic heterocycles. The summed E-state index contributed by atoms with van der Waals surface area (Å²) < 4.78 is 10.5. The molecule has 0 amide bonds. The van der Waals surface area contributed by atoms with E-state index in [0.717, 1.165) is 31.9 Å². The fraction of sp³-hybridized carbons (Fsp3) is 0.667. The van der Waals surface area contributed by atoms with Crippen LogP contribution in [0, 0.1) is 0 Å². The number of carboxylic acids is 1.